The van der Waals surface area contributed by atoms with E-state index >= 15 is 0 Å². The van der Waals surface area contributed by atoms with E-state index in [2.05, 4.69) is 22.3 Å². The normalized spacial score (nSPS) is 22.0. The zero-order valence-corrected chi connectivity index (χ0v) is 15.0. The number of carbonyl (C=O) groups is 1. The van der Waals surface area contributed by atoms with Crippen LogP contribution in [-0.4, -0.2) is 37.0 Å². The quantitative estimate of drug-likeness (QED) is 0.888. The van der Waals surface area contributed by atoms with Crippen molar-refractivity contribution in [3.05, 3.63) is 34.9 Å². The van der Waals surface area contributed by atoms with E-state index in [1.165, 1.54) is 18.4 Å². The van der Waals surface area contributed by atoms with Gasteiger partial charge in [0.25, 0.3) is 0 Å². The summed E-state index contributed by atoms with van der Waals surface area (Å²) in [5.74, 6) is 1.55. The van der Waals surface area contributed by atoms with Crippen LogP contribution >= 0.6 is 24.0 Å². The molecule has 0 aromatic heterocycles. The molecular weight excluding hydrogens is 331 g/mol. The Morgan fingerprint density at radius 1 is 1.17 bits per heavy atom. The number of hydrogen-bond donors (Lipinski definition) is 1. The van der Waals surface area contributed by atoms with Crippen LogP contribution in [0.3, 0.4) is 0 Å². The number of halogens is 2. The van der Waals surface area contributed by atoms with Crippen molar-refractivity contribution in [1.29, 1.82) is 0 Å². The molecule has 0 saturated carbocycles. The molecule has 2 heterocycles. The SMILES string of the molecule is Cl.O=C(CCC1CCNCC1)N1CCC(c2ccc(Cl)cc2)C1. The second-order valence-electron chi connectivity index (χ2n) is 6.61. The van der Waals surface area contributed by atoms with Crippen LogP contribution in [0.25, 0.3) is 0 Å². The Balaban J connectivity index is 0.00000192. The van der Waals surface area contributed by atoms with Crippen molar-refractivity contribution < 1.29 is 4.79 Å². The summed E-state index contributed by atoms with van der Waals surface area (Å²) >= 11 is 5.94. The third-order valence-corrected chi connectivity index (χ3v) is 5.36. The monoisotopic (exact) mass is 356 g/mol. The highest BCUT2D eigenvalue weighted by Crippen LogP contribution is 2.29. The van der Waals surface area contributed by atoms with Crippen LogP contribution < -0.4 is 5.32 Å². The van der Waals surface area contributed by atoms with Gasteiger partial charge in [-0.1, -0.05) is 23.7 Å². The van der Waals surface area contributed by atoms with E-state index in [4.69, 9.17) is 11.6 Å². The Morgan fingerprint density at radius 3 is 2.57 bits per heavy atom. The lowest BCUT2D eigenvalue weighted by molar-refractivity contribution is -0.130. The lowest BCUT2D eigenvalue weighted by Gasteiger charge is -2.23. The van der Waals surface area contributed by atoms with Crippen molar-refractivity contribution in [2.75, 3.05) is 26.2 Å². The fraction of sp³-hybridized carbons (Fsp3) is 0.611. The number of hydrogen-bond acceptors (Lipinski definition) is 2. The molecule has 2 aliphatic rings. The van der Waals surface area contributed by atoms with Crippen LogP contribution in [0.1, 0.15) is 43.6 Å². The molecule has 1 amide bonds. The maximum Gasteiger partial charge on any atom is 0.222 e. The lowest BCUT2D eigenvalue weighted by atomic mass is 9.93. The van der Waals surface area contributed by atoms with Gasteiger partial charge >= 0.3 is 0 Å². The molecule has 2 aliphatic heterocycles. The van der Waals surface area contributed by atoms with Crippen LogP contribution in [0.5, 0.6) is 0 Å². The van der Waals surface area contributed by atoms with E-state index in [1.54, 1.807) is 0 Å². The molecule has 1 aromatic carbocycles. The average Bonchev–Trinajstić information content (AvgIpc) is 3.04. The number of piperidine rings is 1. The molecule has 0 radical (unpaired) electrons. The van der Waals surface area contributed by atoms with Gasteiger partial charge in [0, 0.05) is 30.5 Å². The maximum absolute atomic E-state index is 12.4. The van der Waals surface area contributed by atoms with Crippen LogP contribution in [0, 0.1) is 5.92 Å². The van der Waals surface area contributed by atoms with Gasteiger partial charge in [-0.15, -0.1) is 12.4 Å². The summed E-state index contributed by atoms with van der Waals surface area (Å²) in [4.78, 5) is 14.5. The molecule has 1 aromatic rings. The number of nitrogens with zero attached hydrogens (tertiary/aromatic N) is 1. The second-order valence-corrected chi connectivity index (χ2v) is 7.05. The third kappa shape index (κ3) is 5.10. The van der Waals surface area contributed by atoms with E-state index in [0.29, 0.717) is 11.8 Å². The summed E-state index contributed by atoms with van der Waals surface area (Å²) in [7, 11) is 0. The van der Waals surface area contributed by atoms with Crippen molar-refractivity contribution in [2.24, 2.45) is 5.92 Å². The first kappa shape index (κ1) is 18.6. The van der Waals surface area contributed by atoms with Gasteiger partial charge in [0.15, 0.2) is 0 Å². The first-order valence-electron chi connectivity index (χ1n) is 8.46. The Hall–Kier alpha value is -0.770. The van der Waals surface area contributed by atoms with Gasteiger partial charge in [-0.2, -0.15) is 0 Å². The van der Waals surface area contributed by atoms with Crippen LogP contribution in [-0.2, 0) is 4.79 Å². The summed E-state index contributed by atoms with van der Waals surface area (Å²) in [5.41, 5.74) is 1.30. The lowest BCUT2D eigenvalue weighted by Crippen LogP contribution is -2.31. The van der Waals surface area contributed by atoms with Crippen molar-refractivity contribution in [1.82, 2.24) is 10.2 Å². The average molecular weight is 357 g/mol. The van der Waals surface area contributed by atoms with Gasteiger partial charge in [-0.3, -0.25) is 4.79 Å². The highest BCUT2D eigenvalue weighted by atomic mass is 35.5. The van der Waals surface area contributed by atoms with Crippen molar-refractivity contribution in [2.45, 2.75) is 38.0 Å². The summed E-state index contributed by atoms with van der Waals surface area (Å²) < 4.78 is 0. The van der Waals surface area contributed by atoms with E-state index in [1.807, 2.05) is 12.1 Å². The summed E-state index contributed by atoms with van der Waals surface area (Å²) in [6, 6.07) is 8.07. The molecule has 0 aliphatic carbocycles. The predicted octanol–water partition coefficient (Wildman–Crippen LogP) is 3.86. The predicted molar refractivity (Wildman–Crippen MR) is 97.5 cm³/mol. The minimum Gasteiger partial charge on any atom is -0.342 e. The molecule has 1 unspecified atom stereocenters. The minimum absolute atomic E-state index is 0. The number of benzene rings is 1. The molecule has 1 N–H and O–H groups in total. The number of likely N-dealkylation sites (tertiary alicyclic amines) is 1. The topological polar surface area (TPSA) is 32.3 Å². The standard InChI is InChI=1S/C18H25ClN2O.ClH/c19-17-4-2-15(3-5-17)16-9-12-21(13-16)18(22)6-1-14-7-10-20-11-8-14;/h2-5,14,16,20H,1,6-13H2;1H. The summed E-state index contributed by atoms with van der Waals surface area (Å²) in [6.45, 7) is 3.99. The van der Waals surface area contributed by atoms with Crippen molar-refractivity contribution >= 4 is 29.9 Å². The molecule has 23 heavy (non-hydrogen) atoms. The van der Waals surface area contributed by atoms with Gasteiger partial charge in [0.1, 0.15) is 0 Å². The van der Waals surface area contributed by atoms with Crippen molar-refractivity contribution in [3.8, 4) is 0 Å². The van der Waals surface area contributed by atoms with Gasteiger partial charge in [-0.25, -0.2) is 0 Å². The molecule has 3 nitrogen and oxygen atoms in total. The Labute approximate surface area is 150 Å². The molecule has 0 bridgehead atoms. The Bertz CT molecular complexity index is 500. The number of carbonyl (C=O) groups excluding carboxylic acids is 1. The molecule has 2 fully saturated rings. The molecule has 3 rings (SSSR count). The third-order valence-electron chi connectivity index (χ3n) is 5.11. The highest BCUT2D eigenvalue weighted by Gasteiger charge is 2.27. The molecule has 5 heteroatoms. The number of nitrogens with one attached hydrogen (secondary N) is 1. The van der Waals surface area contributed by atoms with Crippen LogP contribution in [0.15, 0.2) is 24.3 Å². The second kappa shape index (κ2) is 8.91. The summed E-state index contributed by atoms with van der Waals surface area (Å²) in [5, 5.41) is 4.16. The summed E-state index contributed by atoms with van der Waals surface area (Å²) in [6.07, 6.45) is 5.29. The Kier molecular flexibility index (Phi) is 7.19. The fourth-order valence-electron chi connectivity index (χ4n) is 3.65. The zero-order chi connectivity index (χ0) is 15.4. The van der Waals surface area contributed by atoms with Gasteiger partial charge in [-0.05, 0) is 62.4 Å². The van der Waals surface area contributed by atoms with Gasteiger partial charge < -0.3 is 10.2 Å². The van der Waals surface area contributed by atoms with E-state index in [0.717, 1.165) is 56.4 Å². The Morgan fingerprint density at radius 2 is 1.87 bits per heavy atom. The van der Waals surface area contributed by atoms with Gasteiger partial charge in [0.05, 0.1) is 0 Å². The zero-order valence-electron chi connectivity index (χ0n) is 13.5. The molecule has 0 spiro atoms. The van der Waals surface area contributed by atoms with Gasteiger partial charge in [0.2, 0.25) is 5.91 Å². The molecule has 1 atom stereocenters. The minimum atomic E-state index is 0. The fourth-order valence-corrected chi connectivity index (χ4v) is 3.78. The molecule has 2 saturated heterocycles. The van der Waals surface area contributed by atoms with E-state index in [9.17, 15) is 4.79 Å². The largest absolute Gasteiger partial charge is 0.342 e. The smallest absolute Gasteiger partial charge is 0.222 e. The number of amides is 1. The van der Waals surface area contributed by atoms with Crippen LogP contribution in [0.4, 0.5) is 0 Å². The molecule has 128 valence electrons. The highest BCUT2D eigenvalue weighted by molar-refractivity contribution is 6.30. The van der Waals surface area contributed by atoms with E-state index < -0.39 is 0 Å². The number of rotatable bonds is 4. The van der Waals surface area contributed by atoms with E-state index in [-0.39, 0.29) is 12.4 Å². The maximum atomic E-state index is 12.4. The van der Waals surface area contributed by atoms with Crippen molar-refractivity contribution in [3.63, 3.8) is 0 Å². The first-order valence-corrected chi connectivity index (χ1v) is 8.84. The molecular formula is C18H26Cl2N2O. The van der Waals surface area contributed by atoms with Crippen LogP contribution in [0.2, 0.25) is 5.02 Å². The first-order chi connectivity index (χ1) is 10.7.